The summed E-state index contributed by atoms with van der Waals surface area (Å²) in [6, 6.07) is -0.713. The third-order valence-corrected chi connectivity index (χ3v) is 3.66. The molecule has 0 aromatic heterocycles. The van der Waals surface area contributed by atoms with E-state index in [4.69, 9.17) is 9.47 Å². The summed E-state index contributed by atoms with van der Waals surface area (Å²) in [7, 11) is 0. The van der Waals surface area contributed by atoms with Crippen molar-refractivity contribution in [2.24, 2.45) is 0 Å². The fourth-order valence-electron chi connectivity index (χ4n) is 2.47. The Balaban J connectivity index is 1.59. The Morgan fingerprint density at radius 1 is 0.708 bits per heavy atom. The molecular formula is C16H20N2O6. The van der Waals surface area contributed by atoms with Gasteiger partial charge in [-0.1, -0.05) is 0 Å². The van der Waals surface area contributed by atoms with Gasteiger partial charge in [-0.25, -0.2) is 0 Å². The maximum atomic E-state index is 11.5. The van der Waals surface area contributed by atoms with E-state index in [0.717, 1.165) is 9.80 Å². The Labute approximate surface area is 139 Å². The zero-order valence-electron chi connectivity index (χ0n) is 13.6. The van der Waals surface area contributed by atoms with Gasteiger partial charge < -0.3 is 9.47 Å². The summed E-state index contributed by atoms with van der Waals surface area (Å²) in [6.45, 7) is 4.44. The topological polar surface area (TPSA) is 93.2 Å². The Morgan fingerprint density at radius 3 is 1.29 bits per heavy atom. The molecule has 130 valence electrons. The number of amides is 4. The minimum atomic E-state index is -0.357. The molecule has 0 aromatic rings. The summed E-state index contributed by atoms with van der Waals surface area (Å²) in [6.07, 6.45) is 4.94. The van der Waals surface area contributed by atoms with Gasteiger partial charge in [0, 0.05) is 24.3 Å². The van der Waals surface area contributed by atoms with Crippen molar-refractivity contribution in [2.45, 2.75) is 25.9 Å². The molecule has 0 saturated carbocycles. The molecule has 2 rings (SSSR count). The number of hydrogen-bond donors (Lipinski definition) is 0. The van der Waals surface area contributed by atoms with Crippen molar-refractivity contribution >= 4 is 23.6 Å². The van der Waals surface area contributed by atoms with Gasteiger partial charge in [-0.3, -0.25) is 29.0 Å². The maximum absolute atomic E-state index is 11.5. The minimum absolute atomic E-state index is 0.213. The Hall–Kier alpha value is -2.32. The Morgan fingerprint density at radius 2 is 1.00 bits per heavy atom. The minimum Gasteiger partial charge on any atom is -0.377 e. The average Bonchev–Trinajstić information content (AvgIpc) is 3.04. The molecule has 0 aliphatic carbocycles. The molecule has 0 saturated heterocycles. The van der Waals surface area contributed by atoms with E-state index in [-0.39, 0.29) is 62.1 Å². The zero-order chi connectivity index (χ0) is 17.7. The summed E-state index contributed by atoms with van der Waals surface area (Å²) in [5.74, 6) is -1.35. The zero-order valence-corrected chi connectivity index (χ0v) is 13.6. The lowest BCUT2D eigenvalue weighted by atomic mass is 10.3. The van der Waals surface area contributed by atoms with Gasteiger partial charge in [-0.05, 0) is 13.8 Å². The molecule has 0 radical (unpaired) electrons. The van der Waals surface area contributed by atoms with E-state index in [1.165, 1.54) is 24.3 Å². The van der Waals surface area contributed by atoms with Crippen LogP contribution in [0, 0.1) is 0 Å². The van der Waals surface area contributed by atoms with Crippen LogP contribution in [-0.2, 0) is 28.7 Å². The largest absolute Gasteiger partial charge is 0.377 e. The molecule has 0 aromatic carbocycles. The molecule has 0 bridgehead atoms. The normalized spacial score (nSPS) is 19.8. The van der Waals surface area contributed by atoms with Crippen molar-refractivity contribution in [1.82, 2.24) is 9.80 Å². The second-order valence-electron chi connectivity index (χ2n) is 5.61. The predicted molar refractivity (Wildman–Crippen MR) is 82.5 cm³/mol. The highest BCUT2D eigenvalue weighted by molar-refractivity contribution is 6.13. The Kier molecular flexibility index (Phi) is 5.99. The lowest BCUT2D eigenvalue weighted by molar-refractivity contribution is -0.142. The fraction of sp³-hybridized carbons (Fsp3) is 0.500. The van der Waals surface area contributed by atoms with Gasteiger partial charge in [0.1, 0.15) is 0 Å². The van der Waals surface area contributed by atoms with E-state index >= 15 is 0 Å². The SMILES string of the molecule is CC(COCCOCC(C)N1C(=O)C=CC1=O)N1C(=O)C=CC1=O. The molecule has 2 atom stereocenters. The standard InChI is InChI=1S/C16H20N2O6/c1-11(17-13(19)3-4-14(17)20)9-23-7-8-24-10-12(2)18-15(21)5-6-16(18)22/h3-6,11-12H,7-10H2,1-2H3. The summed E-state index contributed by atoms with van der Waals surface area (Å²) in [4.78, 5) is 48.2. The van der Waals surface area contributed by atoms with Crippen LogP contribution >= 0.6 is 0 Å². The van der Waals surface area contributed by atoms with E-state index in [9.17, 15) is 19.2 Å². The molecule has 4 amide bonds. The molecule has 8 nitrogen and oxygen atoms in total. The molecule has 2 unspecified atom stereocenters. The molecule has 2 aliphatic heterocycles. The third kappa shape index (κ3) is 4.15. The monoisotopic (exact) mass is 336 g/mol. The highest BCUT2D eigenvalue weighted by atomic mass is 16.5. The third-order valence-electron chi connectivity index (χ3n) is 3.66. The van der Waals surface area contributed by atoms with Crippen molar-refractivity contribution in [2.75, 3.05) is 26.4 Å². The van der Waals surface area contributed by atoms with Gasteiger partial charge in [0.05, 0.1) is 38.5 Å². The predicted octanol–water partition coefficient (Wildman–Crippen LogP) is -0.353. The number of rotatable bonds is 9. The van der Waals surface area contributed by atoms with Crippen molar-refractivity contribution in [3.8, 4) is 0 Å². The molecule has 2 aliphatic rings. The van der Waals surface area contributed by atoms with Gasteiger partial charge in [0.25, 0.3) is 23.6 Å². The first kappa shape index (κ1) is 18.0. The van der Waals surface area contributed by atoms with Crippen molar-refractivity contribution in [1.29, 1.82) is 0 Å². The van der Waals surface area contributed by atoms with Crippen LogP contribution in [0.5, 0.6) is 0 Å². The van der Waals surface area contributed by atoms with Crippen LogP contribution in [-0.4, -0.2) is 71.9 Å². The number of carbonyl (C=O) groups excluding carboxylic acids is 4. The number of carbonyl (C=O) groups is 4. The number of ether oxygens (including phenoxy) is 2. The van der Waals surface area contributed by atoms with E-state index in [1.807, 2.05) is 0 Å². The summed E-state index contributed by atoms with van der Waals surface area (Å²) < 4.78 is 10.8. The smallest absolute Gasteiger partial charge is 0.253 e. The van der Waals surface area contributed by atoms with Crippen LogP contribution in [0.4, 0.5) is 0 Å². The molecule has 8 heteroatoms. The molecule has 0 spiro atoms. The fourth-order valence-corrected chi connectivity index (χ4v) is 2.47. The first-order chi connectivity index (χ1) is 11.4. The van der Waals surface area contributed by atoms with Crippen LogP contribution in [0.25, 0.3) is 0 Å². The second-order valence-corrected chi connectivity index (χ2v) is 5.61. The number of imide groups is 2. The van der Waals surface area contributed by atoms with Gasteiger partial charge >= 0.3 is 0 Å². The van der Waals surface area contributed by atoms with E-state index in [1.54, 1.807) is 13.8 Å². The summed E-state index contributed by atoms with van der Waals surface area (Å²) in [5.41, 5.74) is 0. The first-order valence-corrected chi connectivity index (χ1v) is 7.67. The van der Waals surface area contributed by atoms with Crippen LogP contribution in [0.3, 0.4) is 0 Å². The molecule has 0 fully saturated rings. The van der Waals surface area contributed by atoms with Crippen LogP contribution in [0.2, 0.25) is 0 Å². The first-order valence-electron chi connectivity index (χ1n) is 7.67. The second kappa shape index (κ2) is 7.98. The van der Waals surface area contributed by atoms with Gasteiger partial charge in [0.15, 0.2) is 0 Å². The van der Waals surface area contributed by atoms with Gasteiger partial charge in [0.2, 0.25) is 0 Å². The molecule has 24 heavy (non-hydrogen) atoms. The van der Waals surface area contributed by atoms with Crippen LogP contribution in [0.1, 0.15) is 13.8 Å². The van der Waals surface area contributed by atoms with Crippen LogP contribution < -0.4 is 0 Å². The van der Waals surface area contributed by atoms with Gasteiger partial charge in [-0.2, -0.15) is 0 Å². The molecule has 0 N–H and O–H groups in total. The van der Waals surface area contributed by atoms with Crippen LogP contribution in [0.15, 0.2) is 24.3 Å². The molecular weight excluding hydrogens is 316 g/mol. The maximum Gasteiger partial charge on any atom is 0.253 e. The highest BCUT2D eigenvalue weighted by Gasteiger charge is 2.29. The Bertz CT molecular complexity index is 509. The highest BCUT2D eigenvalue weighted by Crippen LogP contribution is 2.10. The quantitative estimate of drug-likeness (QED) is 0.422. The van der Waals surface area contributed by atoms with E-state index < -0.39 is 0 Å². The number of nitrogens with zero attached hydrogens (tertiary/aromatic N) is 2. The van der Waals surface area contributed by atoms with Crippen molar-refractivity contribution in [3.05, 3.63) is 24.3 Å². The lowest BCUT2D eigenvalue weighted by Crippen LogP contribution is -2.41. The van der Waals surface area contributed by atoms with Crippen molar-refractivity contribution in [3.63, 3.8) is 0 Å². The van der Waals surface area contributed by atoms with E-state index in [2.05, 4.69) is 0 Å². The summed E-state index contributed by atoms with van der Waals surface area (Å²) in [5, 5.41) is 0. The summed E-state index contributed by atoms with van der Waals surface area (Å²) >= 11 is 0. The van der Waals surface area contributed by atoms with Crippen molar-refractivity contribution < 1.29 is 28.7 Å². The lowest BCUT2D eigenvalue weighted by Gasteiger charge is -2.23. The average molecular weight is 336 g/mol. The number of hydrogen-bond acceptors (Lipinski definition) is 6. The molecule has 2 heterocycles. The van der Waals surface area contributed by atoms with E-state index in [0.29, 0.717) is 0 Å². The van der Waals surface area contributed by atoms with Gasteiger partial charge in [-0.15, -0.1) is 0 Å².